The molecule has 0 saturated carbocycles. The monoisotopic (exact) mass is 692 g/mol. The average Bonchev–Trinajstić information content (AvgIpc) is 3.19. The summed E-state index contributed by atoms with van der Waals surface area (Å²) in [5.74, 6) is 0. The summed E-state index contributed by atoms with van der Waals surface area (Å²) in [7, 11) is 0. The van der Waals surface area contributed by atoms with Crippen molar-refractivity contribution in [3.8, 4) is 45.0 Å². The summed E-state index contributed by atoms with van der Waals surface area (Å²) in [5.41, 5.74) is 16.7. The third-order valence-corrected chi connectivity index (χ3v) is 10.6. The van der Waals surface area contributed by atoms with Gasteiger partial charge in [-0.05, 0) is 87.0 Å². The van der Waals surface area contributed by atoms with Gasteiger partial charge in [0, 0.05) is 43.8 Å². The smallest absolute Gasteiger partial charge is 0.0972 e. The maximum absolute atomic E-state index is 5.33. The number of benzene rings is 6. The van der Waals surface area contributed by atoms with E-state index in [0.717, 1.165) is 99.4 Å². The molecule has 0 aliphatic carbocycles. The Morgan fingerprint density at radius 2 is 0.593 bits per heavy atom. The summed E-state index contributed by atoms with van der Waals surface area (Å²) in [4.78, 5) is 21.1. The molecule has 0 saturated heterocycles. The van der Waals surface area contributed by atoms with Gasteiger partial charge in [-0.2, -0.15) is 0 Å². The fourth-order valence-corrected chi connectivity index (χ4v) is 8.15. The Labute approximate surface area is 313 Å². The Morgan fingerprint density at radius 3 is 0.944 bits per heavy atom. The number of aryl methyl sites for hydroxylation is 4. The number of hydrogen-bond donors (Lipinski definition) is 0. The van der Waals surface area contributed by atoms with Crippen LogP contribution in [-0.2, 0) is 0 Å². The molecule has 0 aliphatic heterocycles. The molecule has 10 aromatic rings. The van der Waals surface area contributed by atoms with Gasteiger partial charge in [0.2, 0.25) is 0 Å². The third kappa shape index (κ3) is 5.46. The summed E-state index contributed by atoms with van der Waals surface area (Å²) in [6.45, 7) is 8.53. The van der Waals surface area contributed by atoms with E-state index in [0.29, 0.717) is 0 Å². The lowest BCUT2D eigenvalue weighted by Gasteiger charge is -2.13. The number of aromatic nitrogens is 4. The average molecular weight is 693 g/mol. The molecule has 6 aromatic carbocycles. The molecule has 256 valence electrons. The zero-order valence-electron chi connectivity index (χ0n) is 30.6. The minimum atomic E-state index is 0.903. The second-order valence-corrected chi connectivity index (χ2v) is 14.7. The summed E-state index contributed by atoms with van der Waals surface area (Å²) < 4.78 is 0. The molecule has 0 bridgehead atoms. The second-order valence-electron chi connectivity index (χ2n) is 14.7. The van der Waals surface area contributed by atoms with Crippen LogP contribution in [0.5, 0.6) is 0 Å². The van der Waals surface area contributed by atoms with Gasteiger partial charge >= 0.3 is 0 Å². The molecule has 0 amide bonds. The molecular formula is C50H36N4. The first kappa shape index (κ1) is 31.9. The highest BCUT2D eigenvalue weighted by atomic mass is 14.8. The largest absolute Gasteiger partial charge is 0.245 e. The van der Waals surface area contributed by atoms with E-state index in [1.54, 1.807) is 0 Å². The maximum atomic E-state index is 5.33. The molecule has 0 aliphatic rings. The first-order chi connectivity index (χ1) is 26.3. The molecule has 0 atom stereocenters. The zero-order valence-corrected chi connectivity index (χ0v) is 30.6. The van der Waals surface area contributed by atoms with E-state index in [1.165, 1.54) is 22.3 Å². The van der Waals surface area contributed by atoms with Gasteiger partial charge in [-0.15, -0.1) is 0 Å². The van der Waals surface area contributed by atoms with Crippen LogP contribution in [0.2, 0.25) is 0 Å². The minimum Gasteiger partial charge on any atom is -0.245 e. The van der Waals surface area contributed by atoms with E-state index in [1.807, 2.05) is 0 Å². The molecule has 10 rings (SSSR count). The van der Waals surface area contributed by atoms with E-state index in [2.05, 4.69) is 173 Å². The Morgan fingerprint density at radius 1 is 0.296 bits per heavy atom. The molecule has 54 heavy (non-hydrogen) atoms. The summed E-state index contributed by atoms with van der Waals surface area (Å²) in [6, 6.07) is 51.9. The quantitative estimate of drug-likeness (QED) is 0.172. The maximum Gasteiger partial charge on any atom is 0.0972 e. The van der Waals surface area contributed by atoms with Crippen molar-refractivity contribution in [2.75, 3.05) is 0 Å². The van der Waals surface area contributed by atoms with Crippen molar-refractivity contribution in [2.24, 2.45) is 0 Å². The van der Waals surface area contributed by atoms with Gasteiger partial charge in [-0.1, -0.05) is 119 Å². The number of nitrogens with zero attached hydrogens (tertiary/aromatic N) is 4. The van der Waals surface area contributed by atoms with Gasteiger partial charge < -0.3 is 0 Å². The number of hydrogen-bond acceptors (Lipinski definition) is 4. The fourth-order valence-electron chi connectivity index (χ4n) is 8.15. The lowest BCUT2D eigenvalue weighted by atomic mass is 9.95. The predicted molar refractivity (Wildman–Crippen MR) is 226 cm³/mol. The van der Waals surface area contributed by atoms with Crippen molar-refractivity contribution >= 4 is 54.4 Å². The van der Waals surface area contributed by atoms with Crippen molar-refractivity contribution < 1.29 is 0 Å². The van der Waals surface area contributed by atoms with E-state index in [-0.39, 0.29) is 0 Å². The third-order valence-electron chi connectivity index (χ3n) is 10.6. The second kappa shape index (κ2) is 12.4. The molecule has 0 fully saturated rings. The molecule has 0 unspecified atom stereocenters. The van der Waals surface area contributed by atoms with Crippen molar-refractivity contribution in [2.45, 2.75) is 27.7 Å². The van der Waals surface area contributed by atoms with Gasteiger partial charge in [0.05, 0.1) is 44.8 Å². The van der Waals surface area contributed by atoms with Crippen molar-refractivity contribution in [1.29, 1.82) is 0 Å². The van der Waals surface area contributed by atoms with E-state index in [9.17, 15) is 0 Å². The Bertz CT molecular complexity index is 2910. The van der Waals surface area contributed by atoms with Crippen LogP contribution in [0.3, 0.4) is 0 Å². The van der Waals surface area contributed by atoms with Gasteiger partial charge in [0.25, 0.3) is 0 Å². The normalized spacial score (nSPS) is 11.7. The lowest BCUT2D eigenvalue weighted by Crippen LogP contribution is -1.94. The Kier molecular flexibility index (Phi) is 7.34. The minimum absolute atomic E-state index is 0.903. The topological polar surface area (TPSA) is 51.6 Å². The van der Waals surface area contributed by atoms with Crippen LogP contribution in [0.15, 0.2) is 146 Å². The number of pyridine rings is 4. The molecule has 4 heterocycles. The SMILES string of the molecule is Cc1cc(C)cc(-c2ccc3ccc4ccc(-c5ccc(-c6ccc7ccc8ccc(-c9cc(C)cc(C)c9)nc8c7n6)c6ccccc56)nc4c3n2)c1. The first-order valence-electron chi connectivity index (χ1n) is 18.5. The van der Waals surface area contributed by atoms with Crippen LogP contribution in [0.25, 0.3) is 99.4 Å². The fraction of sp³-hybridized carbons (Fsp3) is 0.0800. The summed E-state index contributed by atoms with van der Waals surface area (Å²) >= 11 is 0. The van der Waals surface area contributed by atoms with Crippen LogP contribution in [0.4, 0.5) is 0 Å². The zero-order chi connectivity index (χ0) is 36.5. The Balaban J connectivity index is 1.11. The highest BCUT2D eigenvalue weighted by Gasteiger charge is 2.15. The van der Waals surface area contributed by atoms with Gasteiger partial charge in [-0.3, -0.25) is 0 Å². The number of rotatable bonds is 4. The van der Waals surface area contributed by atoms with Crippen LogP contribution in [0.1, 0.15) is 22.3 Å². The molecule has 0 radical (unpaired) electrons. The van der Waals surface area contributed by atoms with E-state index >= 15 is 0 Å². The van der Waals surface area contributed by atoms with Crippen molar-refractivity contribution in [1.82, 2.24) is 19.9 Å². The summed E-state index contributed by atoms with van der Waals surface area (Å²) in [6.07, 6.45) is 0. The van der Waals surface area contributed by atoms with Gasteiger partial charge in [0.15, 0.2) is 0 Å². The molecule has 4 nitrogen and oxygen atoms in total. The van der Waals surface area contributed by atoms with E-state index < -0.39 is 0 Å². The molecule has 0 N–H and O–H groups in total. The van der Waals surface area contributed by atoms with Crippen LogP contribution in [-0.4, -0.2) is 19.9 Å². The predicted octanol–water partition coefficient (Wildman–Crippen LogP) is 12.9. The van der Waals surface area contributed by atoms with Crippen LogP contribution < -0.4 is 0 Å². The first-order valence-corrected chi connectivity index (χ1v) is 18.5. The highest BCUT2D eigenvalue weighted by molar-refractivity contribution is 6.09. The molecule has 4 heteroatoms. The number of fused-ring (bicyclic) bond motifs is 7. The van der Waals surface area contributed by atoms with Crippen LogP contribution in [0, 0.1) is 27.7 Å². The lowest BCUT2D eigenvalue weighted by molar-refractivity contribution is 1.34. The van der Waals surface area contributed by atoms with Gasteiger partial charge in [0.1, 0.15) is 0 Å². The Hall–Kier alpha value is -6.78. The van der Waals surface area contributed by atoms with Crippen molar-refractivity contribution in [3.05, 3.63) is 168 Å². The standard InChI is InChI=1S/C50H36N4/c1-29-23-30(2)26-37(25-29)43-19-13-33-9-11-35-15-21-45(53-49(35)47(33)51-43)41-17-18-42(40-8-6-5-7-39(40)41)46-22-16-36-12-10-34-14-20-44(52-48(34)50(36)54-46)38-27-31(3)24-32(4)28-38/h5-28H,1-4H3. The molecule has 0 spiro atoms. The summed E-state index contributed by atoms with van der Waals surface area (Å²) in [5, 5.41) is 6.54. The molecular weight excluding hydrogens is 657 g/mol. The van der Waals surface area contributed by atoms with Gasteiger partial charge in [-0.25, -0.2) is 19.9 Å². The van der Waals surface area contributed by atoms with E-state index in [4.69, 9.17) is 19.9 Å². The van der Waals surface area contributed by atoms with Crippen LogP contribution >= 0.6 is 0 Å². The van der Waals surface area contributed by atoms with Crippen molar-refractivity contribution in [3.63, 3.8) is 0 Å². The highest BCUT2D eigenvalue weighted by Crippen LogP contribution is 2.37. The molecule has 4 aromatic heterocycles.